The van der Waals surface area contributed by atoms with E-state index in [2.05, 4.69) is 9.88 Å². The van der Waals surface area contributed by atoms with Gasteiger partial charge in [-0.25, -0.2) is 14.4 Å². The highest BCUT2D eigenvalue weighted by Crippen LogP contribution is 2.27. The minimum Gasteiger partial charge on any atom is -0.354 e. The van der Waals surface area contributed by atoms with Gasteiger partial charge in [-0.15, -0.1) is 0 Å². The van der Waals surface area contributed by atoms with Gasteiger partial charge in [-0.1, -0.05) is 35.3 Å². The average Bonchev–Trinajstić information content (AvgIpc) is 3.03. The first-order valence-electron chi connectivity index (χ1n) is 10.9. The zero-order valence-electron chi connectivity index (χ0n) is 18.6. The molecule has 0 aliphatic carbocycles. The van der Waals surface area contributed by atoms with Crippen LogP contribution < -0.4 is 4.90 Å². The number of amides is 1. The number of hydrogen-bond acceptors (Lipinski definition) is 4. The van der Waals surface area contributed by atoms with Gasteiger partial charge in [-0.2, -0.15) is 0 Å². The van der Waals surface area contributed by atoms with E-state index in [1.54, 1.807) is 30.3 Å². The number of carbonyl (C=O) groups excluding carboxylic acids is 1. The summed E-state index contributed by atoms with van der Waals surface area (Å²) in [6.45, 7) is 6.43. The van der Waals surface area contributed by atoms with Crippen molar-refractivity contribution in [2.75, 3.05) is 31.1 Å². The highest BCUT2D eigenvalue weighted by atomic mass is 35.5. The lowest BCUT2D eigenvalue weighted by atomic mass is 10.0. The van der Waals surface area contributed by atoms with Crippen molar-refractivity contribution in [3.05, 3.63) is 86.5 Å². The molecule has 2 heterocycles. The molecule has 0 radical (unpaired) electrons. The fourth-order valence-electron chi connectivity index (χ4n) is 4.18. The summed E-state index contributed by atoms with van der Waals surface area (Å²) in [5.74, 6) is 1.22. The lowest BCUT2D eigenvalue weighted by Gasteiger charge is -2.26. The first-order valence-corrected chi connectivity index (χ1v) is 11.7. The smallest absolute Gasteiger partial charge is 0.253 e. The molecule has 0 saturated carbocycles. The van der Waals surface area contributed by atoms with Crippen LogP contribution >= 0.6 is 23.2 Å². The van der Waals surface area contributed by atoms with Crippen LogP contribution in [0.3, 0.4) is 0 Å². The third-order valence-corrected chi connectivity index (χ3v) is 6.56. The number of nitrogens with zero attached hydrogens (tertiary/aromatic N) is 4. The zero-order chi connectivity index (χ0) is 23.5. The summed E-state index contributed by atoms with van der Waals surface area (Å²) in [5.41, 5.74) is 3.27. The Balaban J connectivity index is 1.56. The summed E-state index contributed by atoms with van der Waals surface area (Å²) in [4.78, 5) is 26.4. The van der Waals surface area contributed by atoms with Crippen molar-refractivity contribution in [1.29, 1.82) is 0 Å². The molecular formula is C25H25Cl2FN4O. The van der Waals surface area contributed by atoms with Gasteiger partial charge in [0.2, 0.25) is 0 Å². The van der Waals surface area contributed by atoms with E-state index < -0.39 is 0 Å². The first kappa shape index (κ1) is 23.5. The Morgan fingerprint density at radius 3 is 2.58 bits per heavy atom. The van der Waals surface area contributed by atoms with Crippen molar-refractivity contribution in [3.8, 4) is 0 Å². The number of benzene rings is 2. The summed E-state index contributed by atoms with van der Waals surface area (Å²) >= 11 is 12.1. The Bertz CT molecular complexity index is 1190. The predicted molar refractivity (Wildman–Crippen MR) is 130 cm³/mol. The van der Waals surface area contributed by atoms with Gasteiger partial charge in [0.05, 0.1) is 10.0 Å². The molecule has 0 bridgehead atoms. The average molecular weight is 487 g/mol. The second-order valence-electron chi connectivity index (χ2n) is 8.23. The molecule has 3 aromatic rings. The van der Waals surface area contributed by atoms with E-state index in [-0.39, 0.29) is 11.7 Å². The Kier molecular flexibility index (Phi) is 7.15. The van der Waals surface area contributed by atoms with Gasteiger partial charge in [0, 0.05) is 49.4 Å². The lowest BCUT2D eigenvalue weighted by Crippen LogP contribution is -2.35. The highest BCUT2D eigenvalue weighted by Gasteiger charge is 2.24. The molecule has 0 atom stereocenters. The van der Waals surface area contributed by atoms with Crippen LogP contribution in [0.2, 0.25) is 10.0 Å². The normalized spacial score (nSPS) is 14.3. The fraction of sp³-hybridized carbons (Fsp3) is 0.320. The molecule has 33 heavy (non-hydrogen) atoms. The molecular weight excluding hydrogens is 462 g/mol. The third kappa shape index (κ3) is 5.45. The van der Waals surface area contributed by atoms with Crippen molar-refractivity contribution in [1.82, 2.24) is 14.9 Å². The standard InChI is InChI=1S/C25H25Cl2FN4O/c1-16-21(14-18-5-3-6-20(28)13-18)24(30-17(2)29-16)31-9-4-10-32(12-11-31)25(33)19-7-8-22(26)23(27)15-19/h3,5-8,13,15H,4,9-12,14H2,1-2H3. The molecule has 4 rings (SSSR count). The Labute approximate surface area is 203 Å². The second kappa shape index (κ2) is 10.1. The maximum Gasteiger partial charge on any atom is 0.253 e. The highest BCUT2D eigenvalue weighted by molar-refractivity contribution is 6.42. The molecule has 5 nitrogen and oxygen atoms in total. The molecule has 1 aliphatic heterocycles. The lowest BCUT2D eigenvalue weighted by molar-refractivity contribution is 0.0767. The monoisotopic (exact) mass is 486 g/mol. The van der Waals surface area contributed by atoms with Crippen LogP contribution in [0.25, 0.3) is 0 Å². The van der Waals surface area contributed by atoms with Crippen LogP contribution in [0.5, 0.6) is 0 Å². The predicted octanol–water partition coefficient (Wildman–Crippen LogP) is 5.48. The van der Waals surface area contributed by atoms with Crippen molar-refractivity contribution in [2.24, 2.45) is 0 Å². The van der Waals surface area contributed by atoms with Crippen LogP contribution in [0, 0.1) is 19.7 Å². The summed E-state index contributed by atoms with van der Waals surface area (Å²) in [7, 11) is 0. The minimum absolute atomic E-state index is 0.0644. The van der Waals surface area contributed by atoms with Crippen LogP contribution in [-0.4, -0.2) is 47.0 Å². The van der Waals surface area contributed by atoms with Gasteiger partial charge in [0.15, 0.2) is 0 Å². The summed E-state index contributed by atoms with van der Waals surface area (Å²) in [6, 6.07) is 11.6. The van der Waals surface area contributed by atoms with Crippen molar-refractivity contribution in [3.63, 3.8) is 0 Å². The van der Waals surface area contributed by atoms with Gasteiger partial charge in [0.1, 0.15) is 17.5 Å². The molecule has 0 N–H and O–H groups in total. The van der Waals surface area contributed by atoms with Crippen LogP contribution in [0.15, 0.2) is 42.5 Å². The summed E-state index contributed by atoms with van der Waals surface area (Å²) in [6.07, 6.45) is 1.34. The Morgan fingerprint density at radius 2 is 1.82 bits per heavy atom. The Hall–Kier alpha value is -2.70. The number of carbonyl (C=O) groups is 1. The fourth-order valence-corrected chi connectivity index (χ4v) is 4.48. The van der Waals surface area contributed by atoms with Gasteiger partial charge in [-0.3, -0.25) is 4.79 Å². The number of hydrogen-bond donors (Lipinski definition) is 0. The van der Waals surface area contributed by atoms with Crippen LogP contribution in [0.1, 0.15) is 39.4 Å². The van der Waals surface area contributed by atoms with Gasteiger partial charge in [-0.05, 0) is 56.2 Å². The van der Waals surface area contributed by atoms with Gasteiger partial charge in [0.25, 0.3) is 5.91 Å². The molecule has 1 fully saturated rings. The number of halogens is 3. The maximum atomic E-state index is 13.8. The van der Waals surface area contributed by atoms with Crippen molar-refractivity contribution >= 4 is 34.9 Å². The molecule has 172 valence electrons. The van der Waals surface area contributed by atoms with E-state index in [9.17, 15) is 9.18 Å². The molecule has 1 aromatic heterocycles. The third-order valence-electron chi connectivity index (χ3n) is 5.82. The molecule has 1 amide bonds. The van der Waals surface area contributed by atoms with E-state index in [4.69, 9.17) is 28.2 Å². The number of rotatable bonds is 4. The van der Waals surface area contributed by atoms with Gasteiger partial charge < -0.3 is 9.80 Å². The SMILES string of the molecule is Cc1nc(C)c(Cc2cccc(F)c2)c(N2CCCN(C(=O)c3ccc(Cl)c(Cl)c3)CC2)n1. The topological polar surface area (TPSA) is 49.3 Å². The first-order chi connectivity index (χ1) is 15.8. The number of aromatic nitrogens is 2. The molecule has 0 unspecified atom stereocenters. The Morgan fingerprint density at radius 1 is 1.00 bits per heavy atom. The van der Waals surface area contributed by atoms with Crippen molar-refractivity contribution < 1.29 is 9.18 Å². The van der Waals surface area contributed by atoms with E-state index in [1.807, 2.05) is 24.8 Å². The maximum absolute atomic E-state index is 13.8. The quantitative estimate of drug-likeness (QED) is 0.489. The molecule has 2 aromatic carbocycles. The van der Waals surface area contributed by atoms with Crippen LogP contribution in [-0.2, 0) is 6.42 Å². The van der Waals surface area contributed by atoms with Crippen LogP contribution in [0.4, 0.5) is 10.2 Å². The van der Waals surface area contributed by atoms with E-state index in [0.717, 1.165) is 35.6 Å². The minimum atomic E-state index is -0.258. The molecule has 1 saturated heterocycles. The van der Waals surface area contributed by atoms with E-state index in [1.165, 1.54) is 6.07 Å². The molecule has 8 heteroatoms. The zero-order valence-corrected chi connectivity index (χ0v) is 20.1. The van der Waals surface area contributed by atoms with E-state index in [0.29, 0.717) is 47.5 Å². The van der Waals surface area contributed by atoms with Crippen molar-refractivity contribution in [2.45, 2.75) is 26.7 Å². The van der Waals surface area contributed by atoms with Gasteiger partial charge >= 0.3 is 0 Å². The number of aryl methyl sites for hydroxylation is 2. The molecule has 1 aliphatic rings. The summed E-state index contributed by atoms with van der Waals surface area (Å²) < 4.78 is 13.8. The van der Waals surface area contributed by atoms with E-state index >= 15 is 0 Å². The second-order valence-corrected chi connectivity index (χ2v) is 9.04. The summed E-state index contributed by atoms with van der Waals surface area (Å²) in [5, 5.41) is 0.795. The molecule has 0 spiro atoms. The number of anilines is 1. The largest absolute Gasteiger partial charge is 0.354 e.